The van der Waals surface area contributed by atoms with E-state index < -0.39 is 15.9 Å². The van der Waals surface area contributed by atoms with Crippen molar-refractivity contribution in [1.82, 2.24) is 4.31 Å². The van der Waals surface area contributed by atoms with Gasteiger partial charge >= 0.3 is 5.97 Å². The molecule has 0 N–H and O–H groups in total. The van der Waals surface area contributed by atoms with Crippen molar-refractivity contribution in [3.8, 4) is 0 Å². The highest BCUT2D eigenvalue weighted by Gasteiger charge is 2.26. The summed E-state index contributed by atoms with van der Waals surface area (Å²) in [5.41, 5.74) is 3.71. The molecule has 0 radical (unpaired) electrons. The number of ether oxygens (including phenoxy) is 1. The number of sulfonamides is 1. The summed E-state index contributed by atoms with van der Waals surface area (Å²) in [6.45, 7) is 8.64. The van der Waals surface area contributed by atoms with Crippen LogP contribution in [0.2, 0.25) is 0 Å². The van der Waals surface area contributed by atoms with Crippen LogP contribution in [0.1, 0.15) is 55.9 Å². The van der Waals surface area contributed by atoms with Gasteiger partial charge in [-0.2, -0.15) is 4.31 Å². The number of rotatable bonds is 8. The van der Waals surface area contributed by atoms with Crippen molar-refractivity contribution in [3.63, 3.8) is 0 Å². The molecule has 0 fully saturated rings. The summed E-state index contributed by atoms with van der Waals surface area (Å²) in [4.78, 5) is 12.3. The maximum Gasteiger partial charge on any atom is 0.312 e. The van der Waals surface area contributed by atoms with E-state index in [9.17, 15) is 13.2 Å². The van der Waals surface area contributed by atoms with Crippen LogP contribution in [0, 0.1) is 0 Å². The Balaban J connectivity index is 1.95. The second-order valence-electron chi connectivity index (χ2n) is 9.52. The van der Waals surface area contributed by atoms with Crippen LogP contribution in [0.15, 0.2) is 83.8 Å². The molecule has 3 aromatic rings. The summed E-state index contributed by atoms with van der Waals surface area (Å²) in [5.74, 6) is -0.765. The molecule has 5 nitrogen and oxygen atoms in total. The third-order valence-electron chi connectivity index (χ3n) is 5.92. The zero-order chi connectivity index (χ0) is 24.9. The molecular weight excluding hydrogens is 446 g/mol. The van der Waals surface area contributed by atoms with Gasteiger partial charge in [0.2, 0.25) is 10.0 Å². The van der Waals surface area contributed by atoms with Crippen molar-refractivity contribution in [1.29, 1.82) is 0 Å². The number of esters is 1. The lowest BCUT2D eigenvalue weighted by molar-refractivity contribution is -0.141. The van der Waals surface area contributed by atoms with Crippen LogP contribution < -0.4 is 0 Å². The van der Waals surface area contributed by atoms with Crippen LogP contribution in [0.3, 0.4) is 0 Å². The first-order valence-corrected chi connectivity index (χ1v) is 12.8. The maximum atomic E-state index is 13.6. The third-order valence-corrected chi connectivity index (χ3v) is 7.73. The van der Waals surface area contributed by atoms with Gasteiger partial charge < -0.3 is 4.74 Å². The van der Waals surface area contributed by atoms with Gasteiger partial charge in [-0.15, -0.1) is 0 Å². The van der Waals surface area contributed by atoms with Gasteiger partial charge in [0, 0.05) is 13.1 Å². The van der Waals surface area contributed by atoms with E-state index in [0.717, 1.165) is 16.7 Å². The second-order valence-corrected chi connectivity index (χ2v) is 11.5. The monoisotopic (exact) mass is 479 g/mol. The number of carbonyl (C=O) groups is 1. The standard InChI is InChI=1S/C28H33NO4S/c1-21(27(30)33-5)24-11-9-10-23(18-24)20-29(34(31,32)26-12-7-6-8-13-26)19-22-14-16-25(17-15-22)28(2,3)4/h6-18,21H,19-20H2,1-5H3. The highest BCUT2D eigenvalue weighted by atomic mass is 32.2. The van der Waals surface area contributed by atoms with Crippen LogP contribution in [0.5, 0.6) is 0 Å². The minimum absolute atomic E-state index is 0.0190. The minimum Gasteiger partial charge on any atom is -0.469 e. The molecular formula is C28H33NO4S. The van der Waals surface area contributed by atoms with Gasteiger partial charge in [-0.3, -0.25) is 4.79 Å². The van der Waals surface area contributed by atoms with Crippen LogP contribution >= 0.6 is 0 Å². The summed E-state index contributed by atoms with van der Waals surface area (Å²) >= 11 is 0. The van der Waals surface area contributed by atoms with Crippen LogP contribution in [-0.2, 0) is 38.1 Å². The fourth-order valence-corrected chi connectivity index (χ4v) is 5.20. The van der Waals surface area contributed by atoms with Gasteiger partial charge in [0.05, 0.1) is 17.9 Å². The van der Waals surface area contributed by atoms with E-state index in [2.05, 4.69) is 32.9 Å². The molecule has 0 saturated carbocycles. The zero-order valence-corrected chi connectivity index (χ0v) is 21.3. The molecule has 34 heavy (non-hydrogen) atoms. The number of nitrogens with zero attached hydrogens (tertiary/aromatic N) is 1. The molecule has 0 saturated heterocycles. The number of methoxy groups -OCH3 is 1. The normalized spacial score (nSPS) is 13.0. The molecule has 1 unspecified atom stereocenters. The molecule has 0 aliphatic rings. The topological polar surface area (TPSA) is 63.7 Å². The zero-order valence-electron chi connectivity index (χ0n) is 20.5. The second kappa shape index (κ2) is 10.5. The molecule has 0 aliphatic heterocycles. The first-order chi connectivity index (χ1) is 16.0. The Morgan fingerprint density at radius 1 is 0.882 bits per heavy atom. The van der Waals surface area contributed by atoms with E-state index in [1.807, 2.05) is 36.4 Å². The molecule has 1 atom stereocenters. The Kier molecular flexibility index (Phi) is 7.95. The molecule has 3 aromatic carbocycles. The Hall–Kier alpha value is -2.96. The molecule has 180 valence electrons. The minimum atomic E-state index is -3.75. The summed E-state index contributed by atoms with van der Waals surface area (Å²) in [5, 5.41) is 0. The summed E-state index contributed by atoms with van der Waals surface area (Å²) in [6.07, 6.45) is 0. The SMILES string of the molecule is COC(=O)C(C)c1cccc(CN(Cc2ccc(C(C)(C)C)cc2)S(=O)(=O)c2ccccc2)c1. The van der Waals surface area contributed by atoms with Gasteiger partial charge in [-0.05, 0) is 46.7 Å². The predicted molar refractivity (Wildman–Crippen MR) is 135 cm³/mol. The van der Waals surface area contributed by atoms with E-state index in [1.165, 1.54) is 17.0 Å². The first kappa shape index (κ1) is 25.7. The lowest BCUT2D eigenvalue weighted by atomic mass is 9.87. The number of benzene rings is 3. The summed E-state index contributed by atoms with van der Waals surface area (Å²) in [6, 6.07) is 24.0. The van der Waals surface area contributed by atoms with Gasteiger partial charge in [0.1, 0.15) is 0 Å². The average Bonchev–Trinajstić information content (AvgIpc) is 2.83. The van der Waals surface area contributed by atoms with E-state index in [1.54, 1.807) is 37.3 Å². The van der Waals surface area contributed by atoms with Gasteiger partial charge in [0.25, 0.3) is 0 Å². The quantitative estimate of drug-likeness (QED) is 0.392. The van der Waals surface area contributed by atoms with Crippen LogP contribution in [-0.4, -0.2) is 25.8 Å². The van der Waals surface area contributed by atoms with Crippen molar-refractivity contribution >= 4 is 16.0 Å². The van der Waals surface area contributed by atoms with E-state index >= 15 is 0 Å². The Labute approximate surface area is 203 Å². The number of hydrogen-bond acceptors (Lipinski definition) is 4. The van der Waals surface area contributed by atoms with Gasteiger partial charge in [-0.25, -0.2) is 8.42 Å². The molecule has 0 heterocycles. The average molecular weight is 480 g/mol. The number of hydrogen-bond donors (Lipinski definition) is 0. The van der Waals surface area contributed by atoms with E-state index in [0.29, 0.717) is 0 Å². The molecule has 0 bridgehead atoms. The van der Waals surface area contributed by atoms with Crippen LogP contribution in [0.25, 0.3) is 0 Å². The van der Waals surface area contributed by atoms with Gasteiger partial charge in [0.15, 0.2) is 0 Å². The highest BCUT2D eigenvalue weighted by Crippen LogP contribution is 2.26. The summed E-state index contributed by atoms with van der Waals surface area (Å²) < 4.78 is 33.5. The van der Waals surface area contributed by atoms with Crippen molar-refractivity contribution in [2.24, 2.45) is 0 Å². The molecule has 0 spiro atoms. The fraction of sp³-hybridized carbons (Fsp3) is 0.321. The predicted octanol–water partition coefficient (Wildman–Crippen LogP) is 5.65. The molecule has 6 heteroatoms. The van der Waals surface area contributed by atoms with Crippen molar-refractivity contribution < 1.29 is 17.9 Å². The fourth-order valence-electron chi connectivity index (χ4n) is 3.76. The lowest BCUT2D eigenvalue weighted by Crippen LogP contribution is -2.30. The van der Waals surface area contributed by atoms with Crippen molar-refractivity contribution in [2.75, 3.05) is 7.11 Å². The lowest BCUT2D eigenvalue weighted by Gasteiger charge is -2.24. The highest BCUT2D eigenvalue weighted by molar-refractivity contribution is 7.89. The molecule has 3 rings (SSSR count). The Bertz CT molecular complexity index is 1210. The smallest absolute Gasteiger partial charge is 0.312 e. The first-order valence-electron chi connectivity index (χ1n) is 11.3. The Morgan fingerprint density at radius 3 is 2.09 bits per heavy atom. The third kappa shape index (κ3) is 6.13. The van der Waals surface area contributed by atoms with Crippen LogP contribution in [0.4, 0.5) is 0 Å². The van der Waals surface area contributed by atoms with Crippen molar-refractivity contribution in [2.45, 2.75) is 57.0 Å². The van der Waals surface area contributed by atoms with Gasteiger partial charge in [-0.1, -0.05) is 87.5 Å². The number of carbonyl (C=O) groups excluding carboxylic acids is 1. The molecule has 0 amide bonds. The maximum absolute atomic E-state index is 13.6. The Morgan fingerprint density at radius 2 is 1.50 bits per heavy atom. The molecule has 0 aliphatic carbocycles. The van der Waals surface area contributed by atoms with E-state index in [4.69, 9.17) is 4.74 Å². The van der Waals surface area contributed by atoms with Crippen molar-refractivity contribution in [3.05, 3.63) is 101 Å². The molecule has 0 aromatic heterocycles. The van der Waals surface area contributed by atoms with E-state index in [-0.39, 0.29) is 29.4 Å². The largest absolute Gasteiger partial charge is 0.469 e. The summed E-state index contributed by atoms with van der Waals surface area (Å²) in [7, 11) is -2.39.